The third kappa shape index (κ3) is 5.38. The number of thioether (sulfide) groups is 1. The third-order valence-corrected chi connectivity index (χ3v) is 5.11. The van der Waals surface area contributed by atoms with Gasteiger partial charge in [-0.1, -0.05) is 24.3 Å². The van der Waals surface area contributed by atoms with E-state index < -0.39 is 16.9 Å². The summed E-state index contributed by atoms with van der Waals surface area (Å²) in [5.74, 6) is 0.392. The van der Waals surface area contributed by atoms with E-state index in [0.717, 1.165) is 11.0 Å². The van der Waals surface area contributed by atoms with E-state index in [1.165, 1.54) is 24.3 Å². The summed E-state index contributed by atoms with van der Waals surface area (Å²) in [4.78, 5) is 35.6. The first-order valence-electron chi connectivity index (χ1n) is 9.27. The van der Waals surface area contributed by atoms with Crippen molar-refractivity contribution in [3.8, 4) is 0 Å². The molecule has 1 unspecified atom stereocenters. The van der Waals surface area contributed by atoms with Crippen molar-refractivity contribution >= 4 is 40.2 Å². The first kappa shape index (κ1) is 21.4. The van der Waals surface area contributed by atoms with Gasteiger partial charge < -0.3 is 15.1 Å². The molecule has 0 saturated heterocycles. The molecule has 0 radical (unpaired) electrons. The van der Waals surface area contributed by atoms with Crippen molar-refractivity contribution in [3.63, 3.8) is 0 Å². The molecule has 1 atom stereocenters. The second-order valence-electron chi connectivity index (χ2n) is 6.58. The fourth-order valence-electron chi connectivity index (χ4n) is 2.93. The van der Waals surface area contributed by atoms with Crippen LogP contribution in [0.25, 0.3) is 11.0 Å². The summed E-state index contributed by atoms with van der Waals surface area (Å²) < 4.78 is 5.70. The van der Waals surface area contributed by atoms with Gasteiger partial charge in [-0.25, -0.2) is 0 Å². The summed E-state index contributed by atoms with van der Waals surface area (Å²) in [5, 5.41) is 17.3. The number of carbonyl (C=O) groups is 2. The van der Waals surface area contributed by atoms with Crippen LogP contribution < -0.4 is 10.6 Å². The van der Waals surface area contributed by atoms with Gasteiger partial charge in [0.15, 0.2) is 0 Å². The molecule has 1 aromatic heterocycles. The normalized spacial score (nSPS) is 11.8. The number of nitro groups is 1. The number of nitro benzene ring substituents is 1. The molecule has 156 valence electrons. The van der Waals surface area contributed by atoms with Gasteiger partial charge in [0.25, 0.3) is 11.6 Å². The Hall–Kier alpha value is -3.33. The highest BCUT2D eigenvalue weighted by molar-refractivity contribution is 7.98. The van der Waals surface area contributed by atoms with Crippen LogP contribution in [0.1, 0.15) is 22.5 Å². The number of fused-ring (bicyclic) bond motifs is 1. The number of rotatable bonds is 9. The van der Waals surface area contributed by atoms with Gasteiger partial charge in [-0.15, -0.1) is 0 Å². The summed E-state index contributed by atoms with van der Waals surface area (Å²) in [6, 6.07) is 14.0. The number of non-ortho nitro benzene ring substituents is 1. The van der Waals surface area contributed by atoms with E-state index in [-0.39, 0.29) is 23.7 Å². The van der Waals surface area contributed by atoms with Crippen molar-refractivity contribution in [1.82, 2.24) is 10.6 Å². The zero-order chi connectivity index (χ0) is 21.5. The van der Waals surface area contributed by atoms with Gasteiger partial charge in [0, 0.05) is 23.1 Å². The molecule has 0 aliphatic heterocycles. The Kier molecular flexibility index (Phi) is 7.08. The highest BCUT2D eigenvalue weighted by Crippen LogP contribution is 2.18. The van der Waals surface area contributed by atoms with Gasteiger partial charge >= 0.3 is 0 Å². The second-order valence-corrected chi connectivity index (χ2v) is 7.57. The van der Waals surface area contributed by atoms with Crippen molar-refractivity contribution in [3.05, 3.63) is 76.0 Å². The fourth-order valence-corrected chi connectivity index (χ4v) is 3.40. The van der Waals surface area contributed by atoms with Crippen molar-refractivity contribution in [2.75, 3.05) is 12.0 Å². The SMILES string of the molecule is CSCCC(NC(=O)c1cccc([N+](=O)[O-])c1)C(=O)NCc1cc2ccccc2o1. The van der Waals surface area contributed by atoms with Crippen LogP contribution in [0.5, 0.6) is 0 Å². The summed E-state index contributed by atoms with van der Waals surface area (Å²) in [7, 11) is 0. The maximum Gasteiger partial charge on any atom is 0.270 e. The van der Waals surface area contributed by atoms with E-state index in [0.29, 0.717) is 17.9 Å². The highest BCUT2D eigenvalue weighted by atomic mass is 32.2. The Bertz CT molecular complexity index is 1030. The lowest BCUT2D eigenvalue weighted by Crippen LogP contribution is -2.46. The third-order valence-electron chi connectivity index (χ3n) is 4.47. The lowest BCUT2D eigenvalue weighted by atomic mass is 10.1. The minimum absolute atomic E-state index is 0.128. The second kappa shape index (κ2) is 9.93. The highest BCUT2D eigenvalue weighted by Gasteiger charge is 2.22. The molecule has 9 heteroatoms. The quantitative estimate of drug-likeness (QED) is 0.399. The number of carbonyl (C=O) groups excluding carboxylic acids is 2. The first-order chi connectivity index (χ1) is 14.5. The topological polar surface area (TPSA) is 114 Å². The monoisotopic (exact) mass is 427 g/mol. The lowest BCUT2D eigenvalue weighted by molar-refractivity contribution is -0.384. The molecule has 0 bridgehead atoms. The standard InChI is InChI=1S/C21H21N3O5S/c1-30-10-9-18(23-20(25)15-6-4-7-16(11-15)24(27)28)21(26)22-13-17-12-14-5-2-3-8-19(14)29-17/h2-8,11-12,18H,9-10,13H2,1H3,(H,22,26)(H,23,25). The number of hydrogen-bond acceptors (Lipinski definition) is 6. The number of amides is 2. The van der Waals surface area contributed by atoms with Crippen molar-refractivity contribution in [2.45, 2.75) is 19.0 Å². The molecule has 1 heterocycles. The summed E-state index contributed by atoms with van der Waals surface area (Å²) in [5.41, 5.74) is 0.681. The van der Waals surface area contributed by atoms with Gasteiger partial charge in [0.05, 0.1) is 11.5 Å². The molecule has 8 nitrogen and oxygen atoms in total. The molecule has 3 aromatic rings. The molecular weight excluding hydrogens is 406 g/mol. The molecule has 0 fully saturated rings. The molecule has 0 aliphatic rings. The minimum atomic E-state index is -0.770. The average molecular weight is 427 g/mol. The Morgan fingerprint density at radius 2 is 1.97 bits per heavy atom. The minimum Gasteiger partial charge on any atom is -0.459 e. The first-order valence-corrected chi connectivity index (χ1v) is 10.7. The molecule has 0 saturated carbocycles. The maximum atomic E-state index is 12.7. The summed E-state index contributed by atoms with van der Waals surface area (Å²) in [6.45, 7) is 0.190. The smallest absolute Gasteiger partial charge is 0.270 e. The molecule has 2 amide bonds. The van der Waals surface area contributed by atoms with Crippen LogP contribution in [0, 0.1) is 10.1 Å². The van der Waals surface area contributed by atoms with Gasteiger partial charge in [-0.3, -0.25) is 19.7 Å². The van der Waals surface area contributed by atoms with Crippen LogP contribution in [-0.2, 0) is 11.3 Å². The van der Waals surface area contributed by atoms with Crippen LogP contribution in [0.2, 0.25) is 0 Å². The fraction of sp³-hybridized carbons (Fsp3) is 0.238. The Morgan fingerprint density at radius 3 is 2.70 bits per heavy atom. The Morgan fingerprint density at radius 1 is 1.17 bits per heavy atom. The Balaban J connectivity index is 1.66. The summed E-state index contributed by atoms with van der Waals surface area (Å²) >= 11 is 1.55. The van der Waals surface area contributed by atoms with Crippen LogP contribution in [-0.4, -0.2) is 34.8 Å². The molecule has 0 spiro atoms. The number of nitrogens with zero attached hydrogens (tertiary/aromatic N) is 1. The van der Waals surface area contributed by atoms with Gasteiger partial charge in [0.1, 0.15) is 17.4 Å². The number of benzene rings is 2. The predicted molar refractivity (Wildman–Crippen MR) is 115 cm³/mol. The number of nitrogens with one attached hydrogen (secondary N) is 2. The van der Waals surface area contributed by atoms with Crippen molar-refractivity contribution < 1.29 is 18.9 Å². The summed E-state index contributed by atoms with van der Waals surface area (Å²) in [6.07, 6.45) is 2.33. The number of para-hydroxylation sites is 1. The van der Waals surface area contributed by atoms with E-state index in [9.17, 15) is 19.7 Å². The number of furan rings is 1. The Labute approximate surface area is 177 Å². The predicted octanol–water partition coefficient (Wildman–Crippen LogP) is 3.51. The lowest BCUT2D eigenvalue weighted by Gasteiger charge is -2.18. The van der Waals surface area contributed by atoms with Gasteiger partial charge in [0.2, 0.25) is 5.91 Å². The molecule has 0 aliphatic carbocycles. The van der Waals surface area contributed by atoms with Crippen molar-refractivity contribution in [2.24, 2.45) is 0 Å². The van der Waals surface area contributed by atoms with Gasteiger partial charge in [-0.2, -0.15) is 11.8 Å². The molecule has 2 aromatic carbocycles. The van der Waals surface area contributed by atoms with E-state index in [1.54, 1.807) is 11.8 Å². The van der Waals surface area contributed by atoms with E-state index in [1.807, 2.05) is 36.6 Å². The van der Waals surface area contributed by atoms with Crippen LogP contribution >= 0.6 is 11.8 Å². The zero-order valence-corrected chi connectivity index (χ0v) is 17.1. The maximum absolute atomic E-state index is 12.7. The molecule has 3 rings (SSSR count). The van der Waals surface area contributed by atoms with Crippen molar-refractivity contribution in [1.29, 1.82) is 0 Å². The largest absolute Gasteiger partial charge is 0.459 e. The van der Waals surface area contributed by atoms with E-state index >= 15 is 0 Å². The van der Waals surface area contributed by atoms with E-state index in [2.05, 4.69) is 10.6 Å². The average Bonchev–Trinajstić information content (AvgIpc) is 3.18. The van der Waals surface area contributed by atoms with Gasteiger partial charge in [-0.05, 0) is 36.6 Å². The van der Waals surface area contributed by atoms with Crippen LogP contribution in [0.15, 0.2) is 59.0 Å². The number of hydrogen-bond donors (Lipinski definition) is 2. The van der Waals surface area contributed by atoms with Crippen LogP contribution in [0.3, 0.4) is 0 Å². The van der Waals surface area contributed by atoms with Crippen LogP contribution in [0.4, 0.5) is 5.69 Å². The van der Waals surface area contributed by atoms with E-state index in [4.69, 9.17) is 4.42 Å². The zero-order valence-electron chi connectivity index (χ0n) is 16.3. The molecular formula is C21H21N3O5S. The molecule has 30 heavy (non-hydrogen) atoms. The molecule has 2 N–H and O–H groups in total.